The summed E-state index contributed by atoms with van der Waals surface area (Å²) in [4.78, 5) is 11.0. The number of halogens is 1. The molecule has 1 rings (SSSR count). The Morgan fingerprint density at radius 2 is 2.15 bits per heavy atom. The van der Waals surface area contributed by atoms with E-state index in [0.29, 0.717) is 0 Å². The first-order valence-corrected chi connectivity index (χ1v) is 3.63. The number of carbonyl (C=O) groups excluding carboxylic acids is 1. The number of phenolic OH excluding ortho intramolecular Hbond substituents is 1. The van der Waals surface area contributed by atoms with E-state index in [4.69, 9.17) is 4.74 Å². The molecule has 13 heavy (non-hydrogen) atoms. The Morgan fingerprint density at radius 3 is 2.62 bits per heavy atom. The van der Waals surface area contributed by atoms with E-state index in [1.807, 2.05) is 0 Å². The molecule has 1 aromatic carbocycles. The van der Waals surface area contributed by atoms with Crippen molar-refractivity contribution in [2.45, 2.75) is 6.92 Å². The van der Waals surface area contributed by atoms with Crippen LogP contribution < -0.4 is 4.74 Å². The van der Waals surface area contributed by atoms with Crippen LogP contribution in [0.4, 0.5) is 4.39 Å². The van der Waals surface area contributed by atoms with Crippen LogP contribution in [0.3, 0.4) is 0 Å². The van der Waals surface area contributed by atoms with Gasteiger partial charge in [-0.2, -0.15) is 0 Å². The summed E-state index contributed by atoms with van der Waals surface area (Å²) in [7, 11) is 1.30. The van der Waals surface area contributed by atoms with Crippen LogP contribution in [0.1, 0.15) is 17.3 Å². The van der Waals surface area contributed by atoms with Crippen molar-refractivity contribution in [3.05, 3.63) is 23.5 Å². The fourth-order valence-corrected chi connectivity index (χ4v) is 1.06. The van der Waals surface area contributed by atoms with Gasteiger partial charge in [0.25, 0.3) is 0 Å². The molecule has 4 heteroatoms. The van der Waals surface area contributed by atoms with Crippen molar-refractivity contribution in [3.8, 4) is 11.5 Å². The number of methoxy groups -OCH3 is 1. The van der Waals surface area contributed by atoms with Gasteiger partial charge >= 0.3 is 0 Å². The normalized spacial score (nSPS) is 9.77. The topological polar surface area (TPSA) is 46.5 Å². The highest BCUT2D eigenvalue weighted by molar-refractivity contribution is 5.97. The third-order valence-corrected chi connectivity index (χ3v) is 1.62. The van der Waals surface area contributed by atoms with Gasteiger partial charge in [-0.15, -0.1) is 0 Å². The number of carbonyl (C=O) groups is 1. The smallest absolute Gasteiger partial charge is 0.171 e. The van der Waals surface area contributed by atoms with Gasteiger partial charge in [-0.1, -0.05) is 0 Å². The number of Topliss-reactive ketones (excluding diaryl/α,β-unsaturated/α-hetero) is 1. The van der Waals surface area contributed by atoms with Crippen molar-refractivity contribution in [3.63, 3.8) is 0 Å². The van der Waals surface area contributed by atoms with E-state index in [1.54, 1.807) is 0 Å². The molecule has 0 aliphatic rings. The summed E-state index contributed by atoms with van der Waals surface area (Å²) in [6, 6.07) is 1.92. The zero-order chi connectivity index (χ0) is 10.0. The summed E-state index contributed by atoms with van der Waals surface area (Å²) in [5, 5.41) is 9.20. The number of hydrogen-bond acceptors (Lipinski definition) is 3. The van der Waals surface area contributed by atoms with Gasteiger partial charge in [0.1, 0.15) is 5.82 Å². The van der Waals surface area contributed by atoms with Gasteiger partial charge < -0.3 is 9.84 Å². The molecule has 0 radical (unpaired) electrons. The van der Waals surface area contributed by atoms with Crippen LogP contribution in [0, 0.1) is 5.82 Å². The van der Waals surface area contributed by atoms with Crippen LogP contribution in [0.2, 0.25) is 0 Å². The minimum atomic E-state index is -0.663. The maximum atomic E-state index is 12.7. The summed E-state index contributed by atoms with van der Waals surface area (Å²) in [6.07, 6.45) is 0. The van der Waals surface area contributed by atoms with E-state index >= 15 is 0 Å². The highest BCUT2D eigenvalue weighted by Crippen LogP contribution is 2.31. The van der Waals surface area contributed by atoms with E-state index in [-0.39, 0.29) is 22.8 Å². The van der Waals surface area contributed by atoms with Crippen LogP contribution in [0.5, 0.6) is 11.5 Å². The molecule has 0 fully saturated rings. The van der Waals surface area contributed by atoms with E-state index in [1.165, 1.54) is 14.0 Å². The highest BCUT2D eigenvalue weighted by atomic mass is 19.1. The molecule has 0 aliphatic heterocycles. The number of aromatic hydroxyl groups is 1. The largest absolute Gasteiger partial charge is 0.504 e. The van der Waals surface area contributed by atoms with E-state index in [9.17, 15) is 14.3 Å². The molecule has 1 N–H and O–H groups in total. The van der Waals surface area contributed by atoms with Crippen LogP contribution in [-0.4, -0.2) is 18.0 Å². The van der Waals surface area contributed by atoms with Gasteiger partial charge in [0.2, 0.25) is 0 Å². The number of rotatable bonds is 2. The third-order valence-electron chi connectivity index (χ3n) is 1.62. The Balaban J connectivity index is 3.38. The molecular formula is C9H9FO3. The summed E-state index contributed by atoms with van der Waals surface area (Å²) in [6.45, 7) is 1.27. The first-order chi connectivity index (χ1) is 6.06. The van der Waals surface area contributed by atoms with E-state index in [2.05, 4.69) is 0 Å². The van der Waals surface area contributed by atoms with Gasteiger partial charge in [0.15, 0.2) is 17.3 Å². The Bertz CT molecular complexity index is 347. The number of ether oxygens (including phenoxy) is 1. The van der Waals surface area contributed by atoms with Gasteiger partial charge in [-0.3, -0.25) is 4.79 Å². The molecule has 0 heterocycles. The number of benzene rings is 1. The molecule has 0 saturated carbocycles. The average molecular weight is 184 g/mol. The quantitative estimate of drug-likeness (QED) is 0.712. The SMILES string of the molecule is COc1c(O)cc(F)cc1C(C)=O. The summed E-state index contributed by atoms with van der Waals surface area (Å²) >= 11 is 0. The lowest BCUT2D eigenvalue weighted by atomic mass is 10.1. The predicted molar refractivity (Wildman–Crippen MR) is 44.6 cm³/mol. The molecule has 3 nitrogen and oxygen atoms in total. The van der Waals surface area contributed by atoms with Crippen LogP contribution in [-0.2, 0) is 0 Å². The van der Waals surface area contributed by atoms with E-state index < -0.39 is 5.82 Å². The third kappa shape index (κ3) is 1.77. The van der Waals surface area contributed by atoms with Crippen LogP contribution in [0.15, 0.2) is 12.1 Å². The lowest BCUT2D eigenvalue weighted by Crippen LogP contribution is -1.98. The first-order valence-electron chi connectivity index (χ1n) is 3.63. The lowest BCUT2D eigenvalue weighted by molar-refractivity contribution is 0.101. The Kier molecular flexibility index (Phi) is 2.51. The number of ketones is 1. The molecule has 0 aromatic heterocycles. The molecule has 0 bridgehead atoms. The maximum Gasteiger partial charge on any atom is 0.171 e. The van der Waals surface area contributed by atoms with Gasteiger partial charge in [0.05, 0.1) is 12.7 Å². The van der Waals surface area contributed by atoms with Gasteiger partial charge in [-0.05, 0) is 13.0 Å². The zero-order valence-corrected chi connectivity index (χ0v) is 7.30. The Morgan fingerprint density at radius 1 is 1.54 bits per heavy atom. The molecule has 70 valence electrons. The molecule has 0 unspecified atom stereocenters. The van der Waals surface area contributed by atoms with Crippen molar-refractivity contribution >= 4 is 5.78 Å². The van der Waals surface area contributed by atoms with Crippen molar-refractivity contribution in [1.82, 2.24) is 0 Å². The van der Waals surface area contributed by atoms with Crippen LogP contribution >= 0.6 is 0 Å². The Labute approximate surface area is 74.8 Å². The summed E-state index contributed by atoms with van der Waals surface area (Å²) in [5.74, 6) is -1.38. The monoisotopic (exact) mass is 184 g/mol. The zero-order valence-electron chi connectivity index (χ0n) is 7.30. The van der Waals surface area contributed by atoms with Gasteiger partial charge in [0, 0.05) is 6.07 Å². The fourth-order valence-electron chi connectivity index (χ4n) is 1.06. The summed E-state index contributed by atoms with van der Waals surface area (Å²) in [5.41, 5.74) is 0.0417. The highest BCUT2D eigenvalue weighted by Gasteiger charge is 2.14. The number of phenols is 1. The van der Waals surface area contributed by atoms with Crippen molar-refractivity contribution in [1.29, 1.82) is 0 Å². The molecule has 0 atom stereocenters. The predicted octanol–water partition coefficient (Wildman–Crippen LogP) is 1.74. The molecule has 0 spiro atoms. The van der Waals surface area contributed by atoms with Crippen molar-refractivity contribution < 1.29 is 19.0 Å². The minimum absolute atomic E-state index is 0.00824. The van der Waals surface area contributed by atoms with Crippen molar-refractivity contribution in [2.75, 3.05) is 7.11 Å². The van der Waals surface area contributed by atoms with Crippen molar-refractivity contribution in [2.24, 2.45) is 0 Å². The van der Waals surface area contributed by atoms with Gasteiger partial charge in [-0.25, -0.2) is 4.39 Å². The molecule has 0 aliphatic carbocycles. The second-order valence-electron chi connectivity index (χ2n) is 2.56. The second kappa shape index (κ2) is 3.43. The first kappa shape index (κ1) is 9.51. The van der Waals surface area contributed by atoms with Crippen LogP contribution in [0.25, 0.3) is 0 Å². The summed E-state index contributed by atoms with van der Waals surface area (Å²) < 4.78 is 17.5. The Hall–Kier alpha value is -1.58. The molecule has 0 amide bonds. The minimum Gasteiger partial charge on any atom is -0.504 e. The lowest BCUT2D eigenvalue weighted by Gasteiger charge is -2.07. The second-order valence-corrected chi connectivity index (χ2v) is 2.56. The maximum absolute atomic E-state index is 12.7. The number of hydrogen-bond donors (Lipinski definition) is 1. The molecule has 1 aromatic rings. The van der Waals surface area contributed by atoms with E-state index in [0.717, 1.165) is 12.1 Å². The standard InChI is InChI=1S/C9H9FO3/c1-5(11)7-3-6(10)4-8(12)9(7)13-2/h3-4,12H,1-2H3. The molecule has 0 saturated heterocycles. The average Bonchev–Trinajstić information content (AvgIpc) is 2.02. The molecular weight excluding hydrogens is 175 g/mol. The fraction of sp³-hybridized carbons (Fsp3) is 0.222.